The molecule has 1 aliphatic rings. The number of carbonyl (C=O) groups is 1. The zero-order chi connectivity index (χ0) is 27.9. The molecule has 1 aromatic heterocycles. The van der Waals surface area contributed by atoms with Crippen LogP contribution in [0.1, 0.15) is 74.8 Å². The van der Waals surface area contributed by atoms with Gasteiger partial charge in [-0.1, -0.05) is 69.3 Å². The van der Waals surface area contributed by atoms with E-state index in [2.05, 4.69) is 32.0 Å². The van der Waals surface area contributed by atoms with Crippen LogP contribution in [-0.4, -0.2) is 40.0 Å². The van der Waals surface area contributed by atoms with Crippen molar-refractivity contribution in [2.75, 3.05) is 6.61 Å². The summed E-state index contributed by atoms with van der Waals surface area (Å²) in [6, 6.07) is 14.9. The fourth-order valence-electron chi connectivity index (χ4n) is 5.22. The Labute approximate surface area is 230 Å². The highest BCUT2D eigenvalue weighted by atomic mass is 19.1. The molecule has 0 spiro atoms. The molecular formula is C33H38FNO4. The molecule has 0 amide bonds. The van der Waals surface area contributed by atoms with Crippen LogP contribution in [0, 0.1) is 5.82 Å². The predicted molar refractivity (Wildman–Crippen MR) is 153 cm³/mol. The molecule has 0 saturated carbocycles. The zero-order valence-corrected chi connectivity index (χ0v) is 23.0. The molecule has 0 unspecified atom stereocenters. The van der Waals surface area contributed by atoms with Crippen molar-refractivity contribution in [3.05, 3.63) is 82.8 Å². The Morgan fingerprint density at radius 3 is 2.56 bits per heavy atom. The van der Waals surface area contributed by atoms with Gasteiger partial charge in [-0.2, -0.15) is 0 Å². The summed E-state index contributed by atoms with van der Waals surface area (Å²) in [5, 5.41) is 21.1. The second-order valence-electron chi connectivity index (χ2n) is 10.5. The second kappa shape index (κ2) is 13.1. The summed E-state index contributed by atoms with van der Waals surface area (Å²) in [5.74, 6) is -0.690. The van der Waals surface area contributed by atoms with Crippen LogP contribution in [-0.2, 0) is 22.4 Å². The first-order chi connectivity index (χ1) is 18.8. The van der Waals surface area contributed by atoms with E-state index in [4.69, 9.17) is 9.72 Å². The number of aliphatic hydroxyl groups is 2. The number of pyridine rings is 1. The molecule has 3 aromatic rings. The number of aromatic nitrogens is 1. The zero-order valence-electron chi connectivity index (χ0n) is 23.0. The summed E-state index contributed by atoms with van der Waals surface area (Å²) in [6.07, 6.45) is 4.82. The molecule has 39 heavy (non-hydrogen) atoms. The van der Waals surface area contributed by atoms with E-state index in [9.17, 15) is 19.4 Å². The van der Waals surface area contributed by atoms with Crippen LogP contribution in [0.3, 0.4) is 0 Å². The fraction of sp³-hybridized carbons (Fsp3) is 0.394. The van der Waals surface area contributed by atoms with Gasteiger partial charge < -0.3 is 14.9 Å². The average molecular weight is 532 g/mol. The maximum absolute atomic E-state index is 13.9. The highest BCUT2D eigenvalue weighted by Crippen LogP contribution is 2.42. The van der Waals surface area contributed by atoms with Gasteiger partial charge >= 0.3 is 5.97 Å². The molecule has 0 bridgehead atoms. The number of nitrogens with zero attached hydrogens (tertiary/aromatic N) is 1. The topological polar surface area (TPSA) is 79.7 Å². The molecule has 0 fully saturated rings. The maximum Gasteiger partial charge on any atom is 0.308 e. The molecule has 0 aliphatic heterocycles. The Morgan fingerprint density at radius 2 is 1.85 bits per heavy atom. The number of carbonyl (C=O) groups excluding carboxylic acids is 1. The van der Waals surface area contributed by atoms with E-state index in [-0.39, 0.29) is 24.6 Å². The van der Waals surface area contributed by atoms with Gasteiger partial charge in [0.2, 0.25) is 0 Å². The smallest absolute Gasteiger partial charge is 0.308 e. The quantitative estimate of drug-likeness (QED) is 0.287. The van der Waals surface area contributed by atoms with Crippen molar-refractivity contribution in [2.24, 2.45) is 0 Å². The summed E-state index contributed by atoms with van der Waals surface area (Å²) in [4.78, 5) is 17.1. The fourth-order valence-corrected chi connectivity index (χ4v) is 5.22. The lowest BCUT2D eigenvalue weighted by molar-refractivity contribution is -0.146. The summed E-state index contributed by atoms with van der Waals surface area (Å²) < 4.78 is 19.0. The normalized spacial score (nSPS) is 14.5. The van der Waals surface area contributed by atoms with Crippen molar-refractivity contribution in [1.82, 2.24) is 4.98 Å². The van der Waals surface area contributed by atoms with Crippen molar-refractivity contribution >= 4 is 12.0 Å². The van der Waals surface area contributed by atoms with Crippen LogP contribution < -0.4 is 0 Å². The van der Waals surface area contributed by atoms with Crippen molar-refractivity contribution in [2.45, 2.75) is 77.4 Å². The number of hydrogen-bond donors (Lipinski definition) is 2. The molecule has 6 heteroatoms. The minimum atomic E-state index is -1.02. The lowest BCUT2D eigenvalue weighted by atomic mass is 9.86. The van der Waals surface area contributed by atoms with Crippen molar-refractivity contribution in [1.29, 1.82) is 0 Å². The Bertz CT molecular complexity index is 1320. The van der Waals surface area contributed by atoms with Crippen LogP contribution in [0.15, 0.2) is 54.6 Å². The van der Waals surface area contributed by atoms with Gasteiger partial charge in [-0.3, -0.25) is 9.78 Å². The minimum Gasteiger partial charge on any atom is -0.466 e. The van der Waals surface area contributed by atoms with Gasteiger partial charge in [-0.05, 0) is 66.0 Å². The third-order valence-electron chi connectivity index (χ3n) is 7.06. The second-order valence-corrected chi connectivity index (χ2v) is 10.5. The molecule has 1 aliphatic carbocycles. The first-order valence-electron chi connectivity index (χ1n) is 13.9. The Balaban J connectivity index is 1.77. The number of esters is 1. The molecule has 206 valence electrons. The summed E-state index contributed by atoms with van der Waals surface area (Å²) in [7, 11) is 0. The van der Waals surface area contributed by atoms with E-state index in [1.807, 2.05) is 19.1 Å². The molecule has 4 rings (SSSR count). The van der Waals surface area contributed by atoms with Crippen molar-refractivity contribution in [3.8, 4) is 22.4 Å². The molecule has 2 N–H and O–H groups in total. The molecule has 5 nitrogen and oxygen atoms in total. The van der Waals surface area contributed by atoms with Crippen molar-refractivity contribution < 1.29 is 24.1 Å². The van der Waals surface area contributed by atoms with E-state index >= 15 is 0 Å². The number of halogens is 1. The largest absolute Gasteiger partial charge is 0.466 e. The predicted octanol–water partition coefficient (Wildman–Crippen LogP) is 6.64. The van der Waals surface area contributed by atoms with E-state index in [0.717, 1.165) is 58.5 Å². The monoisotopic (exact) mass is 531 g/mol. The number of benzene rings is 2. The van der Waals surface area contributed by atoms with Crippen molar-refractivity contribution in [3.63, 3.8) is 0 Å². The lowest BCUT2D eigenvalue weighted by Gasteiger charge is -2.22. The van der Waals surface area contributed by atoms with Crippen LogP contribution in [0.5, 0.6) is 0 Å². The first kappa shape index (κ1) is 28.7. The highest BCUT2D eigenvalue weighted by Gasteiger charge is 2.25. The first-order valence-corrected chi connectivity index (χ1v) is 13.9. The van der Waals surface area contributed by atoms with Crippen LogP contribution in [0.4, 0.5) is 4.39 Å². The molecule has 2 aromatic carbocycles. The standard InChI is InChI=1S/C33H38FNO4/c1-4-18-39-30(38)20-26(37)19-25(36)16-17-29-31(23-12-14-24(34)15-13-23)28-11-7-9-22-8-5-6-10-27(22)33(28)35-32(29)21(2)3/h5-6,8,10,12-17,21,25-26,36-37H,4,7,9,11,18-20H2,1-3H3/t25-,26-/m1/s1. The lowest BCUT2D eigenvalue weighted by Crippen LogP contribution is -2.21. The van der Waals surface area contributed by atoms with Gasteiger partial charge in [0.05, 0.1) is 36.6 Å². The van der Waals surface area contributed by atoms with Crippen LogP contribution in [0.2, 0.25) is 0 Å². The molecule has 0 radical (unpaired) electrons. The maximum atomic E-state index is 13.9. The van der Waals surface area contributed by atoms with E-state index in [1.54, 1.807) is 18.2 Å². The number of hydrogen-bond acceptors (Lipinski definition) is 5. The number of rotatable bonds is 10. The molecular weight excluding hydrogens is 493 g/mol. The number of ether oxygens (including phenoxy) is 1. The van der Waals surface area contributed by atoms with Gasteiger partial charge in [0, 0.05) is 17.5 Å². The third-order valence-corrected chi connectivity index (χ3v) is 7.06. The van der Waals surface area contributed by atoms with Gasteiger partial charge in [-0.25, -0.2) is 4.39 Å². The highest BCUT2D eigenvalue weighted by molar-refractivity contribution is 5.85. The van der Waals surface area contributed by atoms with Gasteiger partial charge in [0.15, 0.2) is 0 Å². The average Bonchev–Trinajstić information content (AvgIpc) is 3.09. The van der Waals surface area contributed by atoms with Gasteiger partial charge in [-0.15, -0.1) is 0 Å². The number of fused-ring (bicyclic) bond motifs is 3. The third kappa shape index (κ3) is 7.00. The van der Waals surface area contributed by atoms with E-state index < -0.39 is 18.2 Å². The van der Waals surface area contributed by atoms with Crippen LogP contribution in [0.25, 0.3) is 28.5 Å². The van der Waals surface area contributed by atoms with Gasteiger partial charge in [0.25, 0.3) is 0 Å². The molecule has 0 saturated heterocycles. The van der Waals surface area contributed by atoms with Crippen LogP contribution >= 0.6 is 0 Å². The van der Waals surface area contributed by atoms with Gasteiger partial charge in [0.1, 0.15) is 5.82 Å². The number of aliphatic hydroxyl groups excluding tert-OH is 2. The Hall–Kier alpha value is -3.35. The van der Waals surface area contributed by atoms with E-state index in [1.165, 1.54) is 17.7 Å². The minimum absolute atomic E-state index is 0.00631. The Morgan fingerprint density at radius 1 is 1.10 bits per heavy atom. The summed E-state index contributed by atoms with van der Waals surface area (Å²) in [6.45, 7) is 6.39. The summed E-state index contributed by atoms with van der Waals surface area (Å²) >= 11 is 0. The molecule has 1 heterocycles. The molecule has 2 atom stereocenters. The van der Waals surface area contributed by atoms with E-state index in [0.29, 0.717) is 13.0 Å². The number of aryl methyl sites for hydroxylation is 1. The SMILES string of the molecule is CCCOC(=O)C[C@H](O)C[C@H](O)C=Cc1c(C(C)C)nc2c(c1-c1ccc(F)cc1)CCCc1ccccc1-2. The Kier molecular flexibility index (Phi) is 9.65. The summed E-state index contributed by atoms with van der Waals surface area (Å²) in [5.41, 5.74) is 8.13.